The largest absolute Gasteiger partial charge is 0.370 e. The summed E-state index contributed by atoms with van der Waals surface area (Å²) in [6, 6.07) is 8.42. The maximum atomic E-state index is 12.3. The summed E-state index contributed by atoms with van der Waals surface area (Å²) < 4.78 is 5.82. The van der Waals surface area contributed by atoms with Crippen LogP contribution in [0.4, 0.5) is 0 Å². The second-order valence-electron chi connectivity index (χ2n) is 5.68. The average Bonchev–Trinajstić information content (AvgIpc) is 2.38. The normalized spacial score (nSPS) is 24.1. The molecule has 1 atom stereocenters. The molecule has 1 aromatic carbocycles. The molecule has 2 fully saturated rings. The molecule has 1 aliphatic carbocycles. The fourth-order valence-corrected chi connectivity index (χ4v) is 2.75. The van der Waals surface area contributed by atoms with Gasteiger partial charge in [0.25, 0.3) is 0 Å². The minimum atomic E-state index is 0.0402. The summed E-state index contributed by atoms with van der Waals surface area (Å²) in [5.41, 5.74) is 2.43. The Hall–Kier alpha value is -1.35. The van der Waals surface area contributed by atoms with E-state index in [-0.39, 0.29) is 12.0 Å². The van der Waals surface area contributed by atoms with E-state index in [2.05, 4.69) is 31.2 Å². The van der Waals surface area contributed by atoms with Gasteiger partial charge in [0.05, 0.1) is 13.2 Å². The lowest BCUT2D eigenvalue weighted by Crippen LogP contribution is -2.46. The van der Waals surface area contributed by atoms with E-state index in [1.807, 2.05) is 4.90 Å². The van der Waals surface area contributed by atoms with Crippen LogP contribution in [-0.2, 0) is 9.53 Å². The van der Waals surface area contributed by atoms with Crippen molar-refractivity contribution in [2.24, 2.45) is 5.92 Å². The van der Waals surface area contributed by atoms with Crippen LogP contribution in [0.3, 0.4) is 0 Å². The summed E-state index contributed by atoms with van der Waals surface area (Å²) in [4.78, 5) is 14.3. The van der Waals surface area contributed by atoms with E-state index in [1.54, 1.807) is 0 Å². The topological polar surface area (TPSA) is 29.5 Å². The molecule has 1 amide bonds. The lowest BCUT2D eigenvalue weighted by atomic mass is 9.84. The number of nitrogens with zero attached hydrogens (tertiary/aromatic N) is 1. The van der Waals surface area contributed by atoms with Crippen LogP contribution < -0.4 is 0 Å². The van der Waals surface area contributed by atoms with Crippen molar-refractivity contribution in [3.63, 3.8) is 0 Å². The second-order valence-corrected chi connectivity index (χ2v) is 5.68. The number of rotatable bonds is 2. The molecule has 1 saturated carbocycles. The third kappa shape index (κ3) is 2.66. The summed E-state index contributed by atoms with van der Waals surface area (Å²) in [7, 11) is 0. The highest BCUT2D eigenvalue weighted by Crippen LogP contribution is 2.30. The Bertz CT molecular complexity index is 450. The highest BCUT2D eigenvalue weighted by atomic mass is 16.5. The van der Waals surface area contributed by atoms with Crippen molar-refractivity contribution >= 4 is 5.91 Å². The van der Waals surface area contributed by atoms with Gasteiger partial charge in [-0.1, -0.05) is 36.2 Å². The highest BCUT2D eigenvalue weighted by Gasteiger charge is 2.32. The first kappa shape index (κ1) is 12.7. The van der Waals surface area contributed by atoms with Crippen molar-refractivity contribution < 1.29 is 9.53 Å². The summed E-state index contributed by atoms with van der Waals surface area (Å²) in [5.74, 6) is 0.628. The van der Waals surface area contributed by atoms with Gasteiger partial charge in [-0.15, -0.1) is 0 Å². The zero-order valence-electron chi connectivity index (χ0n) is 11.5. The van der Waals surface area contributed by atoms with Crippen LogP contribution in [0.2, 0.25) is 0 Å². The lowest BCUT2D eigenvalue weighted by Gasteiger charge is -2.37. The summed E-state index contributed by atoms with van der Waals surface area (Å²) in [6.45, 7) is 4.19. The van der Waals surface area contributed by atoms with Gasteiger partial charge in [-0.05, 0) is 25.3 Å². The van der Waals surface area contributed by atoms with Crippen molar-refractivity contribution in [3.05, 3.63) is 35.4 Å². The van der Waals surface area contributed by atoms with Crippen molar-refractivity contribution in [1.82, 2.24) is 4.90 Å². The van der Waals surface area contributed by atoms with Gasteiger partial charge < -0.3 is 9.64 Å². The van der Waals surface area contributed by atoms with Crippen LogP contribution in [0.5, 0.6) is 0 Å². The Kier molecular flexibility index (Phi) is 3.56. The maximum Gasteiger partial charge on any atom is 0.225 e. The predicted molar refractivity (Wildman–Crippen MR) is 73.8 cm³/mol. The van der Waals surface area contributed by atoms with Crippen LogP contribution in [-0.4, -0.2) is 30.5 Å². The second kappa shape index (κ2) is 5.33. The molecule has 1 saturated heterocycles. The van der Waals surface area contributed by atoms with Crippen molar-refractivity contribution in [2.75, 3.05) is 19.7 Å². The van der Waals surface area contributed by atoms with Crippen molar-refractivity contribution in [2.45, 2.75) is 32.3 Å². The van der Waals surface area contributed by atoms with Gasteiger partial charge in [0.1, 0.15) is 6.10 Å². The molecule has 0 N–H and O–H groups in total. The van der Waals surface area contributed by atoms with Gasteiger partial charge in [-0.25, -0.2) is 0 Å². The molecule has 0 bridgehead atoms. The molecule has 1 aromatic rings. The molecule has 102 valence electrons. The molecular formula is C16H21NO2. The molecule has 19 heavy (non-hydrogen) atoms. The fraction of sp³-hybridized carbons (Fsp3) is 0.562. The third-order valence-corrected chi connectivity index (χ3v) is 4.28. The van der Waals surface area contributed by atoms with E-state index in [9.17, 15) is 4.79 Å². The number of morpholine rings is 1. The summed E-state index contributed by atoms with van der Waals surface area (Å²) in [6.07, 6.45) is 3.40. The summed E-state index contributed by atoms with van der Waals surface area (Å²) >= 11 is 0. The average molecular weight is 259 g/mol. The number of benzene rings is 1. The molecule has 3 rings (SSSR count). The van der Waals surface area contributed by atoms with E-state index < -0.39 is 0 Å². The molecule has 1 unspecified atom stereocenters. The molecular weight excluding hydrogens is 238 g/mol. The Morgan fingerprint density at radius 1 is 1.26 bits per heavy atom. The van der Waals surface area contributed by atoms with Crippen LogP contribution in [0.15, 0.2) is 24.3 Å². The van der Waals surface area contributed by atoms with Gasteiger partial charge in [-0.2, -0.15) is 0 Å². The number of hydrogen-bond donors (Lipinski definition) is 0. The van der Waals surface area contributed by atoms with Crippen LogP contribution >= 0.6 is 0 Å². The monoisotopic (exact) mass is 259 g/mol. The minimum Gasteiger partial charge on any atom is -0.370 e. The van der Waals surface area contributed by atoms with E-state index in [0.29, 0.717) is 19.1 Å². The van der Waals surface area contributed by atoms with Crippen molar-refractivity contribution in [3.8, 4) is 0 Å². The summed E-state index contributed by atoms with van der Waals surface area (Å²) in [5, 5.41) is 0. The zero-order valence-corrected chi connectivity index (χ0v) is 11.5. The number of carbonyl (C=O) groups is 1. The Labute approximate surface area is 114 Å². The molecule has 0 spiro atoms. The van der Waals surface area contributed by atoms with E-state index in [1.165, 1.54) is 17.5 Å². The van der Waals surface area contributed by atoms with Crippen molar-refractivity contribution in [1.29, 1.82) is 0 Å². The van der Waals surface area contributed by atoms with Crippen LogP contribution in [0, 0.1) is 12.8 Å². The highest BCUT2D eigenvalue weighted by molar-refractivity contribution is 5.79. The Morgan fingerprint density at radius 3 is 2.63 bits per heavy atom. The molecule has 1 heterocycles. The third-order valence-electron chi connectivity index (χ3n) is 4.28. The lowest BCUT2D eigenvalue weighted by molar-refractivity contribution is -0.146. The van der Waals surface area contributed by atoms with Gasteiger partial charge >= 0.3 is 0 Å². The van der Waals surface area contributed by atoms with E-state index >= 15 is 0 Å². The Morgan fingerprint density at radius 2 is 2.00 bits per heavy atom. The molecule has 0 radical (unpaired) electrons. The minimum absolute atomic E-state index is 0.0402. The van der Waals surface area contributed by atoms with Gasteiger partial charge in [0.15, 0.2) is 0 Å². The van der Waals surface area contributed by atoms with Gasteiger partial charge in [-0.3, -0.25) is 4.79 Å². The SMILES string of the molecule is Cc1ccc(C2CN(C(=O)C3CCC3)CCO2)cc1. The molecule has 3 heteroatoms. The first-order chi connectivity index (χ1) is 9.24. The van der Waals surface area contributed by atoms with Gasteiger partial charge in [0, 0.05) is 12.5 Å². The predicted octanol–water partition coefficient (Wildman–Crippen LogP) is 2.70. The van der Waals surface area contributed by atoms with Crippen LogP contribution in [0.25, 0.3) is 0 Å². The zero-order chi connectivity index (χ0) is 13.2. The smallest absolute Gasteiger partial charge is 0.225 e. The molecule has 0 aromatic heterocycles. The first-order valence-corrected chi connectivity index (χ1v) is 7.21. The number of ether oxygens (including phenoxy) is 1. The fourth-order valence-electron chi connectivity index (χ4n) is 2.75. The molecule has 1 aliphatic heterocycles. The first-order valence-electron chi connectivity index (χ1n) is 7.21. The number of amides is 1. The van der Waals surface area contributed by atoms with Gasteiger partial charge in [0.2, 0.25) is 5.91 Å². The van der Waals surface area contributed by atoms with E-state index in [0.717, 1.165) is 19.4 Å². The quantitative estimate of drug-likeness (QED) is 0.817. The number of aryl methyl sites for hydroxylation is 1. The standard InChI is InChI=1S/C16H21NO2/c1-12-5-7-13(8-6-12)15-11-17(9-10-19-15)16(18)14-3-2-4-14/h5-8,14-15H,2-4,9-11H2,1H3. The molecule has 2 aliphatic rings. The van der Waals surface area contributed by atoms with E-state index in [4.69, 9.17) is 4.74 Å². The Balaban J connectivity index is 1.67. The maximum absolute atomic E-state index is 12.3. The number of hydrogen-bond acceptors (Lipinski definition) is 2. The van der Waals surface area contributed by atoms with Crippen LogP contribution in [0.1, 0.15) is 36.5 Å². The number of carbonyl (C=O) groups excluding carboxylic acids is 1. The molecule has 3 nitrogen and oxygen atoms in total.